The van der Waals surface area contributed by atoms with E-state index in [4.69, 9.17) is 14.2 Å². The van der Waals surface area contributed by atoms with Gasteiger partial charge in [0.1, 0.15) is 11.5 Å². The first-order valence-electron chi connectivity index (χ1n) is 7.29. The first-order chi connectivity index (χ1) is 10.7. The molecule has 2 amide bonds. The average Bonchev–Trinajstić information content (AvgIpc) is 2.55. The second kappa shape index (κ2) is 8.45. The molecule has 1 heterocycles. The van der Waals surface area contributed by atoms with Crippen LogP contribution in [0, 0.1) is 0 Å². The maximum absolute atomic E-state index is 11.9. The Bertz CT molecular complexity index is 467. The molecule has 2 N–H and O–H groups in total. The summed E-state index contributed by atoms with van der Waals surface area (Å²) in [5.41, 5.74) is 0.625. The molecule has 122 valence electrons. The second-order valence-electron chi connectivity index (χ2n) is 4.94. The molecule has 0 bridgehead atoms. The SMILES string of the molecule is COc1cc(NC(=O)NCCN2CCOCC2)cc(OC)c1. The number of urea groups is 1. The summed E-state index contributed by atoms with van der Waals surface area (Å²) in [6.45, 7) is 4.75. The van der Waals surface area contributed by atoms with E-state index in [1.54, 1.807) is 32.4 Å². The van der Waals surface area contributed by atoms with Gasteiger partial charge in [0.05, 0.1) is 27.4 Å². The summed E-state index contributed by atoms with van der Waals surface area (Å²) in [7, 11) is 3.14. The van der Waals surface area contributed by atoms with E-state index in [1.807, 2.05) is 0 Å². The van der Waals surface area contributed by atoms with Crippen molar-refractivity contribution < 1.29 is 19.0 Å². The number of carbonyl (C=O) groups is 1. The van der Waals surface area contributed by atoms with Crippen LogP contribution in [0.3, 0.4) is 0 Å². The highest BCUT2D eigenvalue weighted by molar-refractivity contribution is 5.89. The minimum atomic E-state index is -0.247. The number of nitrogens with one attached hydrogen (secondary N) is 2. The Morgan fingerprint density at radius 3 is 2.41 bits per heavy atom. The lowest BCUT2D eigenvalue weighted by Gasteiger charge is -2.26. The van der Waals surface area contributed by atoms with Gasteiger partial charge in [0.15, 0.2) is 0 Å². The molecular formula is C15H23N3O4. The van der Waals surface area contributed by atoms with Crippen molar-refractivity contribution >= 4 is 11.7 Å². The van der Waals surface area contributed by atoms with Gasteiger partial charge in [0.25, 0.3) is 0 Å². The van der Waals surface area contributed by atoms with Gasteiger partial charge in [-0.15, -0.1) is 0 Å². The van der Waals surface area contributed by atoms with E-state index in [2.05, 4.69) is 15.5 Å². The largest absolute Gasteiger partial charge is 0.497 e. The average molecular weight is 309 g/mol. The van der Waals surface area contributed by atoms with Crippen LogP contribution in [-0.2, 0) is 4.74 Å². The third-order valence-electron chi connectivity index (χ3n) is 3.43. The molecule has 1 aliphatic rings. The lowest BCUT2D eigenvalue weighted by molar-refractivity contribution is 0.0388. The molecule has 1 aromatic carbocycles. The Kier molecular flexibility index (Phi) is 6.29. The smallest absolute Gasteiger partial charge is 0.319 e. The number of rotatable bonds is 6. The van der Waals surface area contributed by atoms with Crippen molar-refractivity contribution in [3.8, 4) is 11.5 Å². The molecule has 1 aliphatic heterocycles. The third-order valence-corrected chi connectivity index (χ3v) is 3.43. The minimum Gasteiger partial charge on any atom is -0.497 e. The van der Waals surface area contributed by atoms with E-state index in [9.17, 15) is 4.79 Å². The Morgan fingerprint density at radius 1 is 1.18 bits per heavy atom. The van der Waals surface area contributed by atoms with Crippen LogP contribution in [0.1, 0.15) is 0 Å². The fraction of sp³-hybridized carbons (Fsp3) is 0.533. The van der Waals surface area contributed by atoms with Crippen LogP contribution < -0.4 is 20.1 Å². The summed E-state index contributed by atoms with van der Waals surface area (Å²) in [5.74, 6) is 1.26. The zero-order valence-corrected chi connectivity index (χ0v) is 13.1. The first-order valence-corrected chi connectivity index (χ1v) is 7.29. The Labute approximate surface area is 130 Å². The van der Waals surface area contributed by atoms with Gasteiger partial charge in [-0.1, -0.05) is 0 Å². The summed E-state index contributed by atoms with van der Waals surface area (Å²) in [6, 6.07) is 4.99. The fourth-order valence-electron chi connectivity index (χ4n) is 2.21. The molecule has 0 aliphatic carbocycles. The Balaban J connectivity index is 1.78. The van der Waals surface area contributed by atoms with Gasteiger partial charge in [0, 0.05) is 50.1 Å². The third kappa shape index (κ3) is 5.09. The molecule has 0 unspecified atom stereocenters. The van der Waals surface area contributed by atoms with Crippen molar-refractivity contribution in [1.82, 2.24) is 10.2 Å². The molecular weight excluding hydrogens is 286 g/mol. The molecule has 2 rings (SSSR count). The van der Waals surface area contributed by atoms with E-state index < -0.39 is 0 Å². The van der Waals surface area contributed by atoms with Crippen molar-refractivity contribution in [2.24, 2.45) is 0 Å². The monoisotopic (exact) mass is 309 g/mol. The van der Waals surface area contributed by atoms with Gasteiger partial charge < -0.3 is 24.8 Å². The number of hydrogen-bond donors (Lipinski definition) is 2. The zero-order chi connectivity index (χ0) is 15.8. The van der Waals surface area contributed by atoms with Crippen LogP contribution in [0.2, 0.25) is 0 Å². The van der Waals surface area contributed by atoms with E-state index in [0.717, 1.165) is 32.8 Å². The number of hydrogen-bond acceptors (Lipinski definition) is 5. The van der Waals surface area contributed by atoms with Crippen molar-refractivity contribution in [2.45, 2.75) is 0 Å². The van der Waals surface area contributed by atoms with Crippen molar-refractivity contribution in [1.29, 1.82) is 0 Å². The zero-order valence-electron chi connectivity index (χ0n) is 13.1. The number of methoxy groups -OCH3 is 2. The first kappa shape index (κ1) is 16.4. The Morgan fingerprint density at radius 2 is 1.82 bits per heavy atom. The highest BCUT2D eigenvalue weighted by atomic mass is 16.5. The lowest BCUT2D eigenvalue weighted by atomic mass is 10.3. The number of anilines is 1. The molecule has 0 aromatic heterocycles. The van der Waals surface area contributed by atoms with Crippen LogP contribution >= 0.6 is 0 Å². The van der Waals surface area contributed by atoms with Gasteiger partial charge >= 0.3 is 6.03 Å². The van der Waals surface area contributed by atoms with Crippen LogP contribution in [-0.4, -0.2) is 64.5 Å². The number of benzene rings is 1. The van der Waals surface area contributed by atoms with Crippen LogP contribution in [0.15, 0.2) is 18.2 Å². The Hall–Kier alpha value is -1.99. The highest BCUT2D eigenvalue weighted by Gasteiger charge is 2.10. The van der Waals surface area contributed by atoms with E-state index in [-0.39, 0.29) is 6.03 Å². The number of nitrogens with zero attached hydrogens (tertiary/aromatic N) is 1. The molecule has 0 spiro atoms. The summed E-state index contributed by atoms with van der Waals surface area (Å²) >= 11 is 0. The number of amides is 2. The molecule has 1 aromatic rings. The highest BCUT2D eigenvalue weighted by Crippen LogP contribution is 2.25. The van der Waals surface area contributed by atoms with E-state index in [0.29, 0.717) is 23.7 Å². The van der Waals surface area contributed by atoms with Gasteiger partial charge in [0.2, 0.25) is 0 Å². The number of morpholine rings is 1. The minimum absolute atomic E-state index is 0.247. The predicted molar refractivity (Wildman–Crippen MR) is 83.8 cm³/mol. The quantitative estimate of drug-likeness (QED) is 0.825. The maximum atomic E-state index is 11.9. The van der Waals surface area contributed by atoms with Crippen LogP contribution in [0.5, 0.6) is 11.5 Å². The molecule has 22 heavy (non-hydrogen) atoms. The lowest BCUT2D eigenvalue weighted by Crippen LogP contribution is -2.42. The normalized spacial score (nSPS) is 15.2. The molecule has 1 saturated heterocycles. The van der Waals surface area contributed by atoms with Gasteiger partial charge in [-0.25, -0.2) is 4.79 Å². The van der Waals surface area contributed by atoms with Gasteiger partial charge in [-0.3, -0.25) is 4.90 Å². The van der Waals surface area contributed by atoms with Crippen LogP contribution in [0.25, 0.3) is 0 Å². The molecule has 7 heteroatoms. The standard InChI is InChI=1S/C15H23N3O4/c1-20-13-9-12(10-14(11-13)21-2)17-15(19)16-3-4-18-5-7-22-8-6-18/h9-11H,3-8H2,1-2H3,(H2,16,17,19). The van der Waals surface area contributed by atoms with E-state index >= 15 is 0 Å². The van der Waals surface area contributed by atoms with Crippen molar-refractivity contribution in [3.05, 3.63) is 18.2 Å². The topological polar surface area (TPSA) is 72.1 Å². The second-order valence-corrected chi connectivity index (χ2v) is 4.94. The molecule has 1 fully saturated rings. The molecule has 0 atom stereocenters. The van der Waals surface area contributed by atoms with Gasteiger partial charge in [-0.2, -0.15) is 0 Å². The number of carbonyl (C=O) groups excluding carboxylic acids is 1. The predicted octanol–water partition coefficient (Wildman–Crippen LogP) is 1.16. The fourth-order valence-corrected chi connectivity index (χ4v) is 2.21. The van der Waals surface area contributed by atoms with Gasteiger partial charge in [-0.05, 0) is 0 Å². The number of ether oxygens (including phenoxy) is 3. The summed E-state index contributed by atoms with van der Waals surface area (Å²) in [4.78, 5) is 14.2. The van der Waals surface area contributed by atoms with Crippen LogP contribution in [0.4, 0.5) is 10.5 Å². The van der Waals surface area contributed by atoms with E-state index in [1.165, 1.54) is 0 Å². The molecule has 0 radical (unpaired) electrons. The summed E-state index contributed by atoms with van der Waals surface area (Å²) in [5, 5.41) is 5.62. The van der Waals surface area contributed by atoms with Crippen molar-refractivity contribution in [3.63, 3.8) is 0 Å². The summed E-state index contributed by atoms with van der Waals surface area (Å²) < 4.78 is 15.6. The van der Waals surface area contributed by atoms with Crippen molar-refractivity contribution in [2.75, 3.05) is 58.9 Å². The summed E-state index contributed by atoms with van der Waals surface area (Å²) in [6.07, 6.45) is 0. The molecule has 0 saturated carbocycles. The maximum Gasteiger partial charge on any atom is 0.319 e. The molecule has 7 nitrogen and oxygen atoms in total.